The maximum absolute atomic E-state index is 14.1. The number of carboxylic acid groups (broad SMARTS) is 1. The molecular weight excluding hydrogens is 798 g/mol. The zero-order valence-corrected chi connectivity index (χ0v) is 34.0. The molecule has 1 saturated carbocycles. The van der Waals surface area contributed by atoms with Gasteiger partial charge in [0, 0.05) is 61.1 Å². The standard InChI is InChI=1S/C42H45ClF2N8O4.CH2O2/c1-55-36-17-26(18-37(56-2)30(36)21-47-31-14-15-57-23-35(31)54)53-34-13-7-10-27(29(34)22-49-53)28-11-6-12-32(38(28)43)50-41-39-33(51-42(52-41)40(44)45)16-24(20-48-39)19-46-25-8-4-3-5-9-25;2-1-3/h6-7,10-13,16-18,20,22,25,31,35,40,46-47,54H,3-5,8-9,14-15,19,21,23H2,1-2H3,(H,50,51,52);1H,(H,2,3). The summed E-state index contributed by atoms with van der Waals surface area (Å²) in [4.78, 5) is 21.3. The molecule has 2 unspecified atom stereocenters. The average molecular weight is 845 g/mol. The normalized spacial score (nSPS) is 17.1. The average Bonchev–Trinajstić information content (AvgIpc) is 3.71. The Bertz CT molecular complexity index is 2410. The molecule has 0 bridgehead atoms. The molecule has 8 rings (SSSR count). The minimum absolute atomic E-state index is 0.111. The largest absolute Gasteiger partial charge is 0.496 e. The highest BCUT2D eigenvalue weighted by Gasteiger charge is 2.25. The fraction of sp³-hybridized carbons (Fsp3) is 0.372. The van der Waals surface area contributed by atoms with Crippen molar-refractivity contribution in [1.29, 1.82) is 0 Å². The molecule has 2 aliphatic rings. The number of nitrogens with one attached hydrogen (secondary N) is 3. The van der Waals surface area contributed by atoms with Crippen molar-refractivity contribution in [3.05, 3.63) is 89.0 Å². The van der Waals surface area contributed by atoms with E-state index in [4.69, 9.17) is 40.8 Å². The molecule has 1 aliphatic carbocycles. The van der Waals surface area contributed by atoms with Crippen LogP contribution in [-0.2, 0) is 22.6 Å². The first-order valence-electron chi connectivity index (χ1n) is 19.8. The van der Waals surface area contributed by atoms with E-state index >= 15 is 0 Å². The van der Waals surface area contributed by atoms with Crippen LogP contribution in [0.3, 0.4) is 0 Å². The molecule has 0 amide bonds. The highest BCUT2D eigenvalue weighted by Crippen LogP contribution is 2.40. The zero-order valence-electron chi connectivity index (χ0n) is 33.2. The smallest absolute Gasteiger partial charge is 0.297 e. The molecular formula is C43H47ClF2N8O6. The Kier molecular flexibility index (Phi) is 14.0. The molecule has 14 nitrogen and oxygen atoms in total. The van der Waals surface area contributed by atoms with Gasteiger partial charge in [-0.15, -0.1) is 0 Å². The Labute approximate surface area is 350 Å². The van der Waals surface area contributed by atoms with Crippen molar-refractivity contribution < 1.29 is 38.0 Å². The molecule has 0 radical (unpaired) electrons. The van der Waals surface area contributed by atoms with Crippen molar-refractivity contribution in [3.63, 3.8) is 0 Å². The van der Waals surface area contributed by atoms with E-state index in [9.17, 15) is 13.9 Å². The number of methoxy groups -OCH3 is 2. The SMILES string of the molecule is COc1cc(-n2ncc3c(-c4cccc(Nc5nc(C(F)F)nc6cc(CNC7CCCCC7)cnc56)c4Cl)cccc32)cc(OC)c1CNC1CCOCC1O.O=CO. The Morgan fingerprint density at radius 1 is 0.967 bits per heavy atom. The molecule has 2 fully saturated rings. The van der Waals surface area contributed by atoms with E-state index in [0.717, 1.165) is 46.1 Å². The zero-order chi connectivity index (χ0) is 42.2. The van der Waals surface area contributed by atoms with Gasteiger partial charge in [-0.2, -0.15) is 5.10 Å². The van der Waals surface area contributed by atoms with Gasteiger partial charge >= 0.3 is 0 Å². The number of hydrogen-bond acceptors (Lipinski definition) is 12. The van der Waals surface area contributed by atoms with E-state index in [1.165, 1.54) is 19.3 Å². The lowest BCUT2D eigenvalue weighted by Crippen LogP contribution is -2.46. The monoisotopic (exact) mass is 844 g/mol. The van der Waals surface area contributed by atoms with Crippen molar-refractivity contribution in [2.45, 2.75) is 76.2 Å². The molecule has 5 N–H and O–H groups in total. The molecule has 1 saturated heterocycles. The summed E-state index contributed by atoms with van der Waals surface area (Å²) in [6.07, 6.45) is 6.67. The number of aliphatic hydroxyl groups is 1. The van der Waals surface area contributed by atoms with E-state index in [0.29, 0.717) is 77.6 Å². The van der Waals surface area contributed by atoms with Crippen molar-refractivity contribution in [2.24, 2.45) is 0 Å². The third kappa shape index (κ3) is 9.42. The maximum Gasteiger partial charge on any atom is 0.297 e. The van der Waals surface area contributed by atoms with E-state index in [-0.39, 0.29) is 18.3 Å². The number of anilines is 2. The summed E-state index contributed by atoms with van der Waals surface area (Å²) in [5, 5.41) is 33.5. The van der Waals surface area contributed by atoms with Gasteiger partial charge in [0.15, 0.2) is 11.6 Å². The summed E-state index contributed by atoms with van der Waals surface area (Å²) in [6, 6.07) is 17.3. The Morgan fingerprint density at radius 3 is 2.42 bits per heavy atom. The van der Waals surface area contributed by atoms with Gasteiger partial charge in [0.2, 0.25) is 0 Å². The van der Waals surface area contributed by atoms with Gasteiger partial charge < -0.3 is 40.4 Å². The number of ether oxygens (including phenoxy) is 3. The summed E-state index contributed by atoms with van der Waals surface area (Å²) < 4.78 is 47.1. The van der Waals surface area contributed by atoms with Gasteiger partial charge in [0.25, 0.3) is 12.9 Å². The van der Waals surface area contributed by atoms with Gasteiger partial charge in [-0.1, -0.05) is 55.1 Å². The lowest BCUT2D eigenvalue weighted by Gasteiger charge is -2.29. The third-order valence-corrected chi connectivity index (χ3v) is 11.3. The number of aliphatic hydroxyl groups excluding tert-OH is 1. The van der Waals surface area contributed by atoms with Crippen LogP contribution in [0.15, 0.2) is 67.0 Å². The molecule has 60 heavy (non-hydrogen) atoms. The van der Waals surface area contributed by atoms with Gasteiger partial charge in [0.1, 0.15) is 17.0 Å². The highest BCUT2D eigenvalue weighted by atomic mass is 35.5. The van der Waals surface area contributed by atoms with Crippen LogP contribution in [0.2, 0.25) is 5.02 Å². The van der Waals surface area contributed by atoms with Crippen molar-refractivity contribution >= 4 is 51.5 Å². The van der Waals surface area contributed by atoms with Crippen LogP contribution in [0.25, 0.3) is 38.8 Å². The van der Waals surface area contributed by atoms with Crippen LogP contribution in [0.5, 0.6) is 11.5 Å². The Balaban J connectivity index is 0.00000176. The molecule has 6 aromatic rings. The van der Waals surface area contributed by atoms with Crippen LogP contribution < -0.4 is 25.4 Å². The van der Waals surface area contributed by atoms with Crippen molar-refractivity contribution in [1.82, 2.24) is 35.4 Å². The van der Waals surface area contributed by atoms with Gasteiger partial charge in [0.05, 0.1) is 66.1 Å². The first kappa shape index (κ1) is 42.6. The first-order chi connectivity index (χ1) is 29.2. The number of carbonyl (C=O) groups is 1. The number of fused-ring (bicyclic) bond motifs is 2. The van der Waals surface area contributed by atoms with Crippen LogP contribution in [0.4, 0.5) is 20.3 Å². The van der Waals surface area contributed by atoms with Crippen LogP contribution in [0, 0.1) is 0 Å². The first-order valence-corrected chi connectivity index (χ1v) is 20.1. The molecule has 3 aromatic carbocycles. The van der Waals surface area contributed by atoms with Crippen LogP contribution in [0.1, 0.15) is 61.9 Å². The van der Waals surface area contributed by atoms with Gasteiger partial charge in [-0.3, -0.25) is 9.78 Å². The molecule has 17 heteroatoms. The number of halogens is 3. The Morgan fingerprint density at radius 2 is 1.70 bits per heavy atom. The minimum Gasteiger partial charge on any atom is -0.496 e. The minimum atomic E-state index is -2.88. The molecule has 2 atom stereocenters. The summed E-state index contributed by atoms with van der Waals surface area (Å²) in [5.74, 6) is 0.755. The quantitative estimate of drug-likeness (QED) is 0.0714. The summed E-state index contributed by atoms with van der Waals surface area (Å²) >= 11 is 7.13. The number of aromatic nitrogens is 5. The molecule has 316 valence electrons. The molecule has 0 spiro atoms. The number of hydrogen-bond donors (Lipinski definition) is 5. The van der Waals surface area contributed by atoms with Crippen LogP contribution >= 0.6 is 11.6 Å². The summed E-state index contributed by atoms with van der Waals surface area (Å²) in [6.45, 7) is 1.63. The predicted molar refractivity (Wildman–Crippen MR) is 225 cm³/mol. The number of rotatable bonds is 13. The lowest BCUT2D eigenvalue weighted by molar-refractivity contribution is -0.122. The second kappa shape index (κ2) is 19.7. The van der Waals surface area contributed by atoms with E-state index in [1.54, 1.807) is 38.7 Å². The summed E-state index contributed by atoms with van der Waals surface area (Å²) in [7, 11) is 3.21. The lowest BCUT2D eigenvalue weighted by atomic mass is 9.95. The van der Waals surface area contributed by atoms with Crippen molar-refractivity contribution in [3.8, 4) is 28.3 Å². The highest BCUT2D eigenvalue weighted by molar-refractivity contribution is 6.36. The number of benzene rings is 3. The van der Waals surface area contributed by atoms with E-state index in [1.807, 2.05) is 47.1 Å². The molecule has 4 heterocycles. The van der Waals surface area contributed by atoms with Gasteiger partial charge in [-0.05, 0) is 48.6 Å². The Hall–Kier alpha value is -5.52. The fourth-order valence-electron chi connectivity index (χ4n) is 7.85. The second-order valence-corrected chi connectivity index (χ2v) is 15.0. The molecule has 1 aliphatic heterocycles. The van der Waals surface area contributed by atoms with E-state index < -0.39 is 18.4 Å². The number of pyridine rings is 1. The van der Waals surface area contributed by atoms with E-state index in [2.05, 4.69) is 30.9 Å². The van der Waals surface area contributed by atoms with Gasteiger partial charge in [-0.25, -0.2) is 23.4 Å². The predicted octanol–water partition coefficient (Wildman–Crippen LogP) is 7.75. The fourth-order valence-corrected chi connectivity index (χ4v) is 8.12. The summed E-state index contributed by atoms with van der Waals surface area (Å²) in [5.41, 5.74) is 5.88. The topological polar surface area (TPSA) is 178 Å². The maximum atomic E-state index is 14.1. The number of alkyl halides is 2. The van der Waals surface area contributed by atoms with Crippen molar-refractivity contribution in [2.75, 3.05) is 32.8 Å². The van der Waals surface area contributed by atoms with Crippen LogP contribution in [-0.4, -0.2) is 87.0 Å². The number of nitrogens with zero attached hydrogens (tertiary/aromatic N) is 5. The second-order valence-electron chi connectivity index (χ2n) is 14.6. The molecule has 3 aromatic heterocycles. The third-order valence-electron chi connectivity index (χ3n) is 10.9.